The first kappa shape index (κ1) is 16.1. The van der Waals surface area contributed by atoms with Gasteiger partial charge in [0.1, 0.15) is 0 Å². The Kier molecular flexibility index (Phi) is 11.5. The van der Waals surface area contributed by atoms with Gasteiger partial charge in [-0.3, -0.25) is 4.98 Å². The zero-order chi connectivity index (χ0) is 10.8. The normalized spacial score (nSPS) is 7.47. The third kappa shape index (κ3) is 5.16. The molecule has 84 valence electrons. The van der Waals surface area contributed by atoms with Gasteiger partial charge in [0, 0.05) is 11.6 Å². The fraction of sp³-hybridized carbons (Fsp3) is 0.357. The second-order valence-electron chi connectivity index (χ2n) is 2.20. The molecule has 0 fully saturated rings. The number of aromatic nitrogens is 1. The van der Waals surface area contributed by atoms with E-state index < -0.39 is 0 Å². The summed E-state index contributed by atoms with van der Waals surface area (Å²) in [5.41, 5.74) is 1.06. The summed E-state index contributed by atoms with van der Waals surface area (Å²) in [6.45, 7) is 8.00. The van der Waals surface area contributed by atoms with Crippen LogP contribution in [0.2, 0.25) is 0 Å². The van der Waals surface area contributed by atoms with Gasteiger partial charge >= 0.3 is 0 Å². The van der Waals surface area contributed by atoms with E-state index in [4.69, 9.17) is 0 Å². The zero-order valence-corrected chi connectivity index (χ0v) is 9.49. The van der Waals surface area contributed by atoms with E-state index in [0.717, 1.165) is 5.52 Å². The van der Waals surface area contributed by atoms with Gasteiger partial charge in [0.05, 0.1) is 5.52 Å². The van der Waals surface area contributed by atoms with E-state index in [1.807, 2.05) is 58.2 Å². The molecule has 0 radical (unpaired) electrons. The van der Waals surface area contributed by atoms with Crippen LogP contribution in [0.25, 0.3) is 10.9 Å². The van der Waals surface area contributed by atoms with Crippen molar-refractivity contribution in [1.82, 2.24) is 4.98 Å². The Bertz CT molecular complexity index is 276. The molecule has 0 amide bonds. The van der Waals surface area contributed by atoms with Crippen molar-refractivity contribution in [2.45, 2.75) is 35.1 Å². The molecule has 0 bridgehead atoms. The minimum absolute atomic E-state index is 0. The van der Waals surface area contributed by atoms with Crippen molar-refractivity contribution in [2.75, 3.05) is 0 Å². The molecule has 0 aliphatic rings. The molecule has 0 unspecified atom stereocenters. The van der Waals surface area contributed by atoms with Crippen LogP contribution in [0.15, 0.2) is 42.6 Å². The van der Waals surface area contributed by atoms with Crippen LogP contribution in [0.1, 0.15) is 35.1 Å². The lowest BCUT2D eigenvalue weighted by atomic mass is 10.2. The third-order valence-electron chi connectivity index (χ3n) is 1.51. The molecule has 1 heteroatoms. The Morgan fingerprint density at radius 2 is 1.33 bits per heavy atom. The van der Waals surface area contributed by atoms with E-state index in [-0.39, 0.29) is 7.43 Å². The van der Waals surface area contributed by atoms with Gasteiger partial charge in [-0.05, 0) is 12.1 Å². The highest BCUT2D eigenvalue weighted by Gasteiger charge is 1.86. The number of benzene rings is 1. The van der Waals surface area contributed by atoms with Crippen molar-refractivity contribution in [2.24, 2.45) is 0 Å². The van der Waals surface area contributed by atoms with Crippen molar-refractivity contribution in [3.8, 4) is 0 Å². The van der Waals surface area contributed by atoms with Gasteiger partial charge in [-0.2, -0.15) is 0 Å². The number of nitrogens with zero attached hydrogens (tertiary/aromatic N) is 1. The van der Waals surface area contributed by atoms with Crippen molar-refractivity contribution in [1.29, 1.82) is 0 Å². The van der Waals surface area contributed by atoms with E-state index in [9.17, 15) is 0 Å². The van der Waals surface area contributed by atoms with Crippen LogP contribution >= 0.6 is 0 Å². The Morgan fingerprint density at radius 3 is 1.93 bits per heavy atom. The molecule has 0 spiro atoms. The highest BCUT2D eigenvalue weighted by molar-refractivity contribution is 5.77. The van der Waals surface area contributed by atoms with Crippen LogP contribution < -0.4 is 0 Å². The largest absolute Gasteiger partial charge is 0.256 e. The molecular weight excluding hydrogens is 182 g/mol. The van der Waals surface area contributed by atoms with Crippen molar-refractivity contribution in [3.63, 3.8) is 0 Å². The maximum absolute atomic E-state index is 4.18. The minimum Gasteiger partial charge on any atom is -0.256 e. The summed E-state index contributed by atoms with van der Waals surface area (Å²) in [6.07, 6.45) is 1.81. The fourth-order valence-corrected chi connectivity index (χ4v) is 1.02. The second kappa shape index (κ2) is 10.7. The van der Waals surface area contributed by atoms with Crippen LogP contribution in [0.3, 0.4) is 0 Å². The van der Waals surface area contributed by atoms with Crippen molar-refractivity contribution in [3.05, 3.63) is 42.6 Å². The Balaban J connectivity index is 0. The summed E-state index contributed by atoms with van der Waals surface area (Å²) in [7, 11) is 0. The predicted molar refractivity (Wildman–Crippen MR) is 71.2 cm³/mol. The monoisotopic (exact) mass is 205 g/mol. The molecule has 0 aliphatic heterocycles. The minimum atomic E-state index is 0. The molecule has 0 saturated carbocycles. The number of para-hydroxylation sites is 1. The first-order valence-electron chi connectivity index (χ1n) is 5.26. The molecule has 0 aliphatic carbocycles. The molecule has 2 rings (SSSR count). The topological polar surface area (TPSA) is 12.9 Å². The highest BCUT2D eigenvalue weighted by atomic mass is 14.6. The third-order valence-corrected chi connectivity index (χ3v) is 1.51. The van der Waals surface area contributed by atoms with E-state index in [2.05, 4.69) is 17.1 Å². The Morgan fingerprint density at radius 1 is 0.800 bits per heavy atom. The summed E-state index contributed by atoms with van der Waals surface area (Å²) in [4.78, 5) is 4.18. The zero-order valence-electron chi connectivity index (χ0n) is 9.49. The van der Waals surface area contributed by atoms with E-state index in [1.165, 1.54) is 5.39 Å². The summed E-state index contributed by atoms with van der Waals surface area (Å²) in [5.74, 6) is 0. The first-order valence-corrected chi connectivity index (χ1v) is 5.26. The number of rotatable bonds is 0. The van der Waals surface area contributed by atoms with Crippen LogP contribution in [0.5, 0.6) is 0 Å². The van der Waals surface area contributed by atoms with Crippen molar-refractivity contribution >= 4 is 10.9 Å². The van der Waals surface area contributed by atoms with Crippen LogP contribution in [0, 0.1) is 0 Å². The van der Waals surface area contributed by atoms with Gasteiger partial charge < -0.3 is 0 Å². The molecule has 15 heavy (non-hydrogen) atoms. The summed E-state index contributed by atoms with van der Waals surface area (Å²) in [6, 6.07) is 12.1. The molecule has 1 nitrogen and oxygen atoms in total. The van der Waals surface area contributed by atoms with Gasteiger partial charge in [0.15, 0.2) is 0 Å². The lowest BCUT2D eigenvalue weighted by Crippen LogP contribution is -1.73. The summed E-state index contributed by atoms with van der Waals surface area (Å²) < 4.78 is 0. The maximum Gasteiger partial charge on any atom is 0.0701 e. The molecule has 1 aromatic heterocycles. The lowest BCUT2D eigenvalue weighted by Gasteiger charge is -1.91. The van der Waals surface area contributed by atoms with Crippen molar-refractivity contribution < 1.29 is 0 Å². The average Bonchev–Trinajstić information content (AvgIpc) is 2.34. The molecule has 0 saturated heterocycles. The van der Waals surface area contributed by atoms with Gasteiger partial charge in [-0.15, -0.1) is 0 Å². The molecular formula is C14H23N. The van der Waals surface area contributed by atoms with Crippen LogP contribution in [0.4, 0.5) is 0 Å². The molecule has 0 atom stereocenters. The highest BCUT2D eigenvalue weighted by Crippen LogP contribution is 2.07. The number of hydrogen-bond acceptors (Lipinski definition) is 1. The SMILES string of the molecule is C.CC.CC.c1ccc2ncccc2c1. The standard InChI is InChI=1S/C9H7N.2C2H6.CH4/c1-2-6-9-8(4-1)5-3-7-10-9;2*1-2;/h1-7H;2*1-2H3;1H4. The summed E-state index contributed by atoms with van der Waals surface area (Å²) in [5, 5.41) is 1.20. The van der Waals surface area contributed by atoms with E-state index in [0.29, 0.717) is 0 Å². The molecule has 1 aromatic carbocycles. The fourth-order valence-electron chi connectivity index (χ4n) is 1.02. The Hall–Kier alpha value is -1.37. The number of hydrogen-bond donors (Lipinski definition) is 0. The molecule has 2 aromatic rings. The number of pyridine rings is 1. The van der Waals surface area contributed by atoms with Crippen LogP contribution in [-0.4, -0.2) is 4.98 Å². The second-order valence-corrected chi connectivity index (χ2v) is 2.20. The molecule has 0 N–H and O–H groups in total. The quantitative estimate of drug-likeness (QED) is 0.594. The van der Waals surface area contributed by atoms with Gasteiger partial charge in [0.25, 0.3) is 0 Å². The average molecular weight is 205 g/mol. The van der Waals surface area contributed by atoms with Gasteiger partial charge in [0.2, 0.25) is 0 Å². The predicted octanol–water partition coefficient (Wildman–Crippen LogP) is 4.92. The maximum atomic E-state index is 4.18. The van der Waals surface area contributed by atoms with Gasteiger partial charge in [-0.25, -0.2) is 0 Å². The smallest absolute Gasteiger partial charge is 0.0701 e. The van der Waals surface area contributed by atoms with E-state index >= 15 is 0 Å². The van der Waals surface area contributed by atoms with Gasteiger partial charge in [-0.1, -0.05) is 59.4 Å². The van der Waals surface area contributed by atoms with E-state index in [1.54, 1.807) is 0 Å². The van der Waals surface area contributed by atoms with Crippen LogP contribution in [-0.2, 0) is 0 Å². The first-order chi connectivity index (χ1) is 6.97. The molecule has 1 heterocycles. The Labute approximate surface area is 94.2 Å². The lowest BCUT2D eigenvalue weighted by molar-refractivity contribution is 1.41. The summed E-state index contributed by atoms with van der Waals surface area (Å²) >= 11 is 0. The number of fused-ring (bicyclic) bond motifs is 1.